The van der Waals surface area contributed by atoms with Crippen molar-refractivity contribution < 1.29 is 0 Å². The maximum absolute atomic E-state index is 9.06. The Morgan fingerprint density at radius 2 is 1.95 bits per heavy atom. The zero-order valence-corrected chi connectivity index (χ0v) is 11.9. The molecule has 0 aliphatic carbocycles. The fourth-order valence-corrected chi connectivity index (χ4v) is 2.60. The van der Waals surface area contributed by atoms with Gasteiger partial charge in [0.25, 0.3) is 0 Å². The second kappa shape index (κ2) is 5.29. The van der Waals surface area contributed by atoms with Crippen LogP contribution in [0.2, 0.25) is 0 Å². The molecule has 0 saturated heterocycles. The van der Waals surface area contributed by atoms with E-state index in [1.807, 2.05) is 28.8 Å². The topological polar surface area (TPSA) is 67.6 Å². The van der Waals surface area contributed by atoms with Gasteiger partial charge in [-0.3, -0.25) is 0 Å². The van der Waals surface area contributed by atoms with Crippen LogP contribution in [-0.2, 0) is 13.0 Å². The number of fused-ring (bicyclic) bond motifs is 1. The lowest BCUT2D eigenvalue weighted by molar-refractivity contribution is 0.824. The van der Waals surface area contributed by atoms with E-state index in [0.717, 1.165) is 17.5 Å². The van der Waals surface area contributed by atoms with Gasteiger partial charge in [-0.1, -0.05) is 31.2 Å². The normalized spacial score (nSPS) is 10.7. The summed E-state index contributed by atoms with van der Waals surface area (Å²) in [5, 5.41) is 9.06. The number of rotatable bonds is 3. The summed E-state index contributed by atoms with van der Waals surface area (Å²) in [6, 6.07) is 15.9. The van der Waals surface area contributed by atoms with E-state index < -0.39 is 0 Å². The Balaban J connectivity index is 2.12. The number of benzene rings is 2. The molecule has 1 heterocycles. The smallest absolute Gasteiger partial charge is 0.201 e. The standard InChI is InChI=1S/C17H16N4/c1-2-13-5-3-4-6-14(13)11-21-16-9-12(10-18)7-8-15(16)20-17(21)19/h3-9H,2,11H2,1H3,(H2,19,20). The summed E-state index contributed by atoms with van der Waals surface area (Å²) in [7, 11) is 0. The first-order chi connectivity index (χ1) is 10.2. The van der Waals surface area contributed by atoms with E-state index in [2.05, 4.69) is 30.1 Å². The van der Waals surface area contributed by atoms with Crippen molar-refractivity contribution in [3.8, 4) is 6.07 Å². The van der Waals surface area contributed by atoms with Crippen molar-refractivity contribution in [2.45, 2.75) is 19.9 Å². The van der Waals surface area contributed by atoms with Crippen molar-refractivity contribution in [1.82, 2.24) is 9.55 Å². The number of aromatic nitrogens is 2. The number of aryl methyl sites for hydroxylation is 1. The van der Waals surface area contributed by atoms with Gasteiger partial charge in [0.1, 0.15) is 0 Å². The first-order valence-corrected chi connectivity index (χ1v) is 6.95. The Kier molecular flexibility index (Phi) is 3.33. The van der Waals surface area contributed by atoms with Crippen molar-refractivity contribution in [3.63, 3.8) is 0 Å². The van der Waals surface area contributed by atoms with E-state index in [0.29, 0.717) is 18.1 Å². The van der Waals surface area contributed by atoms with E-state index in [9.17, 15) is 0 Å². The van der Waals surface area contributed by atoms with Crippen LogP contribution in [0.5, 0.6) is 0 Å². The van der Waals surface area contributed by atoms with Gasteiger partial charge in [-0.25, -0.2) is 4.98 Å². The molecule has 0 unspecified atom stereocenters. The lowest BCUT2D eigenvalue weighted by Crippen LogP contribution is -2.06. The molecule has 4 nitrogen and oxygen atoms in total. The molecule has 3 rings (SSSR count). The number of nitrogens with zero attached hydrogens (tertiary/aromatic N) is 3. The highest BCUT2D eigenvalue weighted by atomic mass is 15.1. The maximum Gasteiger partial charge on any atom is 0.201 e. The van der Waals surface area contributed by atoms with Gasteiger partial charge in [0.05, 0.1) is 29.2 Å². The van der Waals surface area contributed by atoms with Gasteiger partial charge in [-0.2, -0.15) is 5.26 Å². The molecule has 0 aliphatic rings. The minimum absolute atomic E-state index is 0.478. The van der Waals surface area contributed by atoms with Gasteiger partial charge in [0.15, 0.2) is 0 Å². The summed E-state index contributed by atoms with van der Waals surface area (Å²) in [5.41, 5.74) is 10.9. The summed E-state index contributed by atoms with van der Waals surface area (Å²) in [4.78, 5) is 4.37. The fourth-order valence-electron chi connectivity index (χ4n) is 2.60. The third-order valence-corrected chi connectivity index (χ3v) is 3.73. The number of nitriles is 1. The molecule has 4 heteroatoms. The molecule has 0 radical (unpaired) electrons. The summed E-state index contributed by atoms with van der Waals surface area (Å²) < 4.78 is 1.96. The molecular weight excluding hydrogens is 260 g/mol. The summed E-state index contributed by atoms with van der Waals surface area (Å²) in [6.07, 6.45) is 0.978. The largest absolute Gasteiger partial charge is 0.369 e. The van der Waals surface area contributed by atoms with E-state index in [-0.39, 0.29) is 0 Å². The molecule has 0 spiro atoms. The Morgan fingerprint density at radius 3 is 2.67 bits per heavy atom. The van der Waals surface area contributed by atoms with Crippen molar-refractivity contribution in [1.29, 1.82) is 5.26 Å². The molecular formula is C17H16N4. The third kappa shape index (κ3) is 2.34. The van der Waals surface area contributed by atoms with E-state index in [1.54, 1.807) is 6.07 Å². The van der Waals surface area contributed by atoms with Crippen LogP contribution in [-0.4, -0.2) is 9.55 Å². The Morgan fingerprint density at radius 1 is 1.19 bits per heavy atom. The lowest BCUT2D eigenvalue weighted by atomic mass is 10.1. The number of hydrogen-bond acceptors (Lipinski definition) is 3. The molecule has 0 bridgehead atoms. The van der Waals surface area contributed by atoms with Crippen molar-refractivity contribution in [3.05, 3.63) is 59.2 Å². The van der Waals surface area contributed by atoms with Gasteiger partial charge < -0.3 is 10.3 Å². The molecule has 0 atom stereocenters. The highest BCUT2D eigenvalue weighted by molar-refractivity contribution is 5.80. The highest BCUT2D eigenvalue weighted by Crippen LogP contribution is 2.22. The van der Waals surface area contributed by atoms with Gasteiger partial charge in [-0.05, 0) is 35.7 Å². The molecule has 0 aliphatic heterocycles. The minimum Gasteiger partial charge on any atom is -0.369 e. The van der Waals surface area contributed by atoms with Crippen molar-refractivity contribution >= 4 is 17.0 Å². The minimum atomic E-state index is 0.478. The molecule has 3 aromatic rings. The predicted molar refractivity (Wildman–Crippen MR) is 83.8 cm³/mol. The van der Waals surface area contributed by atoms with E-state index >= 15 is 0 Å². The monoisotopic (exact) mass is 276 g/mol. The number of hydrogen-bond donors (Lipinski definition) is 1. The van der Waals surface area contributed by atoms with E-state index in [1.165, 1.54) is 11.1 Å². The molecule has 2 aromatic carbocycles. The van der Waals surface area contributed by atoms with Crippen LogP contribution >= 0.6 is 0 Å². The van der Waals surface area contributed by atoms with E-state index in [4.69, 9.17) is 11.0 Å². The highest BCUT2D eigenvalue weighted by Gasteiger charge is 2.10. The molecule has 0 amide bonds. The molecule has 1 aromatic heterocycles. The molecule has 104 valence electrons. The summed E-state index contributed by atoms with van der Waals surface area (Å²) >= 11 is 0. The summed E-state index contributed by atoms with van der Waals surface area (Å²) in [6.45, 7) is 2.81. The van der Waals surface area contributed by atoms with Crippen LogP contribution in [0.25, 0.3) is 11.0 Å². The zero-order valence-electron chi connectivity index (χ0n) is 11.9. The van der Waals surface area contributed by atoms with Crippen LogP contribution in [0.15, 0.2) is 42.5 Å². The third-order valence-electron chi connectivity index (χ3n) is 3.73. The Labute approximate surface area is 123 Å². The maximum atomic E-state index is 9.06. The number of imidazole rings is 1. The second-order valence-corrected chi connectivity index (χ2v) is 4.99. The lowest BCUT2D eigenvalue weighted by Gasteiger charge is -2.10. The number of nitrogens with two attached hydrogens (primary N) is 1. The van der Waals surface area contributed by atoms with Gasteiger partial charge in [0, 0.05) is 0 Å². The predicted octanol–water partition coefficient (Wildman–Crippen LogP) is 3.10. The second-order valence-electron chi connectivity index (χ2n) is 4.99. The average Bonchev–Trinajstić information content (AvgIpc) is 2.83. The van der Waals surface area contributed by atoms with Gasteiger partial charge in [-0.15, -0.1) is 0 Å². The number of anilines is 1. The molecule has 21 heavy (non-hydrogen) atoms. The Hall–Kier alpha value is -2.80. The summed E-state index contributed by atoms with van der Waals surface area (Å²) in [5.74, 6) is 0.478. The fraction of sp³-hybridized carbons (Fsp3) is 0.176. The van der Waals surface area contributed by atoms with Crippen molar-refractivity contribution in [2.24, 2.45) is 0 Å². The first kappa shape index (κ1) is 13.2. The van der Waals surface area contributed by atoms with Gasteiger partial charge >= 0.3 is 0 Å². The Bertz CT molecular complexity index is 840. The van der Waals surface area contributed by atoms with Crippen LogP contribution in [0.4, 0.5) is 5.95 Å². The van der Waals surface area contributed by atoms with Crippen LogP contribution in [0.1, 0.15) is 23.6 Å². The molecule has 0 fully saturated rings. The van der Waals surface area contributed by atoms with Crippen molar-refractivity contribution in [2.75, 3.05) is 5.73 Å². The van der Waals surface area contributed by atoms with Gasteiger partial charge in [0.2, 0.25) is 5.95 Å². The van der Waals surface area contributed by atoms with Crippen LogP contribution < -0.4 is 5.73 Å². The first-order valence-electron chi connectivity index (χ1n) is 6.95. The quantitative estimate of drug-likeness (QED) is 0.799. The van der Waals surface area contributed by atoms with Crippen LogP contribution in [0, 0.1) is 11.3 Å². The zero-order chi connectivity index (χ0) is 14.8. The molecule has 2 N–H and O–H groups in total. The number of nitrogen functional groups attached to an aromatic ring is 1. The average molecular weight is 276 g/mol. The van der Waals surface area contributed by atoms with Crippen LogP contribution in [0.3, 0.4) is 0 Å². The molecule has 0 saturated carbocycles. The SMILES string of the molecule is CCc1ccccc1Cn1c(N)nc2ccc(C#N)cc21.